The summed E-state index contributed by atoms with van der Waals surface area (Å²) in [7, 11) is 1.70. The van der Waals surface area contributed by atoms with Crippen molar-refractivity contribution >= 4 is 23.5 Å². The minimum Gasteiger partial charge on any atom is -0.493 e. The third kappa shape index (κ3) is 3.26. The van der Waals surface area contributed by atoms with E-state index in [9.17, 15) is 0 Å². The Morgan fingerprint density at radius 3 is 2.65 bits per heavy atom. The maximum absolute atomic E-state index is 5.53. The number of benzene rings is 1. The van der Waals surface area contributed by atoms with Crippen molar-refractivity contribution < 1.29 is 9.47 Å². The van der Waals surface area contributed by atoms with Crippen LogP contribution >= 0.6 is 23.5 Å². The van der Waals surface area contributed by atoms with Crippen LogP contribution in [0.1, 0.15) is 23.5 Å². The molecule has 2 rings (SSSR count). The third-order valence-electron chi connectivity index (χ3n) is 2.59. The normalized spacial score (nSPS) is 16.8. The Morgan fingerprint density at radius 1 is 1.24 bits per heavy atom. The maximum atomic E-state index is 5.53. The Morgan fingerprint density at radius 2 is 2.00 bits per heavy atom. The van der Waals surface area contributed by atoms with Gasteiger partial charge in [0.2, 0.25) is 0 Å². The summed E-state index contributed by atoms with van der Waals surface area (Å²) in [5, 5.41) is 0. The minimum absolute atomic E-state index is 0.549. The zero-order valence-electron chi connectivity index (χ0n) is 10.3. The standard InChI is InChI=1S/C13H18O2S2/c1-3-15-11-6-5-10(9-12(11)14-2)13-16-7-4-8-17-13/h5-6,9,13H,3-4,7-8H2,1-2H3. The molecule has 1 aliphatic rings. The molecule has 0 spiro atoms. The van der Waals surface area contributed by atoms with Gasteiger partial charge >= 0.3 is 0 Å². The van der Waals surface area contributed by atoms with E-state index in [1.165, 1.54) is 23.5 Å². The smallest absolute Gasteiger partial charge is 0.161 e. The molecular formula is C13H18O2S2. The summed E-state index contributed by atoms with van der Waals surface area (Å²) < 4.78 is 11.5. The van der Waals surface area contributed by atoms with Crippen molar-refractivity contribution in [1.82, 2.24) is 0 Å². The van der Waals surface area contributed by atoms with Crippen molar-refractivity contribution in [3.05, 3.63) is 23.8 Å². The van der Waals surface area contributed by atoms with Gasteiger partial charge in [0.1, 0.15) is 0 Å². The summed E-state index contributed by atoms with van der Waals surface area (Å²) in [6.07, 6.45) is 1.32. The number of hydrogen-bond donors (Lipinski definition) is 0. The monoisotopic (exact) mass is 270 g/mol. The van der Waals surface area contributed by atoms with E-state index >= 15 is 0 Å². The summed E-state index contributed by atoms with van der Waals surface area (Å²) in [4.78, 5) is 0. The third-order valence-corrected chi connectivity index (χ3v) is 5.60. The molecule has 1 saturated heterocycles. The highest BCUT2D eigenvalue weighted by atomic mass is 32.2. The zero-order chi connectivity index (χ0) is 12.1. The molecule has 0 amide bonds. The number of hydrogen-bond acceptors (Lipinski definition) is 4. The minimum atomic E-state index is 0.549. The van der Waals surface area contributed by atoms with Gasteiger partial charge in [-0.2, -0.15) is 0 Å². The Bertz CT molecular complexity index is 362. The van der Waals surface area contributed by atoms with Crippen LogP contribution in [-0.2, 0) is 0 Å². The fourth-order valence-corrected chi connectivity index (χ4v) is 4.66. The summed E-state index contributed by atoms with van der Waals surface area (Å²) in [6.45, 7) is 2.66. The van der Waals surface area contributed by atoms with Gasteiger partial charge in [-0.1, -0.05) is 6.07 Å². The van der Waals surface area contributed by atoms with Crippen LogP contribution in [0.3, 0.4) is 0 Å². The second-order valence-corrected chi connectivity index (χ2v) is 6.49. The Kier molecular flexibility index (Phi) is 4.92. The Hall–Kier alpha value is -0.480. The lowest BCUT2D eigenvalue weighted by Gasteiger charge is -2.22. The van der Waals surface area contributed by atoms with Crippen LogP contribution in [0.4, 0.5) is 0 Å². The fourth-order valence-electron chi connectivity index (χ4n) is 1.79. The summed E-state index contributed by atoms with van der Waals surface area (Å²) in [5.74, 6) is 4.20. The molecule has 0 saturated carbocycles. The van der Waals surface area contributed by atoms with Crippen molar-refractivity contribution in [2.45, 2.75) is 17.9 Å². The average Bonchev–Trinajstić information content (AvgIpc) is 2.40. The topological polar surface area (TPSA) is 18.5 Å². The highest BCUT2D eigenvalue weighted by molar-refractivity contribution is 8.16. The predicted octanol–water partition coefficient (Wildman–Crippen LogP) is 3.96. The largest absolute Gasteiger partial charge is 0.493 e. The molecular weight excluding hydrogens is 252 g/mol. The van der Waals surface area contributed by atoms with Crippen LogP contribution in [0, 0.1) is 0 Å². The van der Waals surface area contributed by atoms with Gasteiger partial charge in [0.05, 0.1) is 18.3 Å². The van der Waals surface area contributed by atoms with Gasteiger partial charge in [0, 0.05) is 0 Å². The van der Waals surface area contributed by atoms with Gasteiger partial charge in [-0.15, -0.1) is 23.5 Å². The van der Waals surface area contributed by atoms with E-state index in [0.29, 0.717) is 11.2 Å². The average molecular weight is 270 g/mol. The van der Waals surface area contributed by atoms with Crippen LogP contribution in [0.25, 0.3) is 0 Å². The summed E-state index contributed by atoms with van der Waals surface area (Å²) >= 11 is 4.04. The molecule has 2 nitrogen and oxygen atoms in total. The summed E-state index contributed by atoms with van der Waals surface area (Å²) in [5.41, 5.74) is 1.33. The van der Waals surface area contributed by atoms with Gasteiger partial charge in [0.25, 0.3) is 0 Å². The van der Waals surface area contributed by atoms with Crippen molar-refractivity contribution in [3.8, 4) is 11.5 Å². The zero-order valence-corrected chi connectivity index (χ0v) is 11.9. The van der Waals surface area contributed by atoms with Crippen LogP contribution in [-0.4, -0.2) is 25.2 Å². The molecule has 4 heteroatoms. The van der Waals surface area contributed by atoms with E-state index in [1.54, 1.807) is 7.11 Å². The summed E-state index contributed by atoms with van der Waals surface area (Å²) in [6, 6.07) is 6.29. The van der Waals surface area contributed by atoms with E-state index < -0.39 is 0 Å². The van der Waals surface area contributed by atoms with E-state index in [0.717, 1.165) is 11.5 Å². The molecule has 0 unspecified atom stereocenters. The van der Waals surface area contributed by atoms with E-state index in [2.05, 4.69) is 12.1 Å². The van der Waals surface area contributed by atoms with E-state index in [4.69, 9.17) is 9.47 Å². The number of ether oxygens (including phenoxy) is 2. The van der Waals surface area contributed by atoms with Crippen LogP contribution < -0.4 is 9.47 Å². The first kappa shape index (κ1) is 13.0. The molecule has 0 aliphatic carbocycles. The van der Waals surface area contributed by atoms with Crippen molar-refractivity contribution in [3.63, 3.8) is 0 Å². The van der Waals surface area contributed by atoms with Gasteiger partial charge < -0.3 is 9.47 Å². The molecule has 1 aromatic carbocycles. The number of methoxy groups -OCH3 is 1. The molecule has 1 aliphatic heterocycles. The molecule has 0 N–H and O–H groups in total. The molecule has 94 valence electrons. The van der Waals surface area contributed by atoms with Gasteiger partial charge in [-0.25, -0.2) is 0 Å². The lowest BCUT2D eigenvalue weighted by atomic mass is 10.2. The number of rotatable bonds is 4. The molecule has 0 atom stereocenters. The van der Waals surface area contributed by atoms with E-state index in [-0.39, 0.29) is 0 Å². The first-order valence-corrected chi connectivity index (χ1v) is 7.99. The second kappa shape index (κ2) is 6.45. The highest BCUT2D eigenvalue weighted by Crippen LogP contribution is 2.45. The second-order valence-electron chi connectivity index (χ2n) is 3.77. The molecule has 1 aromatic rings. The van der Waals surface area contributed by atoms with Crippen molar-refractivity contribution in [1.29, 1.82) is 0 Å². The van der Waals surface area contributed by atoms with E-state index in [1.807, 2.05) is 36.5 Å². The molecule has 1 heterocycles. The quantitative estimate of drug-likeness (QED) is 0.824. The molecule has 17 heavy (non-hydrogen) atoms. The lowest BCUT2D eigenvalue weighted by Crippen LogP contribution is -2.01. The maximum Gasteiger partial charge on any atom is 0.161 e. The first-order valence-electron chi connectivity index (χ1n) is 5.89. The van der Waals surface area contributed by atoms with Crippen LogP contribution in [0.15, 0.2) is 18.2 Å². The lowest BCUT2D eigenvalue weighted by molar-refractivity contribution is 0.311. The fraction of sp³-hybridized carbons (Fsp3) is 0.538. The molecule has 0 bridgehead atoms. The SMILES string of the molecule is CCOc1ccc(C2SCCCS2)cc1OC. The van der Waals surface area contributed by atoms with Gasteiger partial charge in [-0.3, -0.25) is 0 Å². The Labute approximate surface area is 111 Å². The predicted molar refractivity (Wildman–Crippen MR) is 76.4 cm³/mol. The van der Waals surface area contributed by atoms with Crippen molar-refractivity contribution in [2.24, 2.45) is 0 Å². The van der Waals surface area contributed by atoms with Gasteiger partial charge in [0.15, 0.2) is 11.5 Å². The van der Waals surface area contributed by atoms with Crippen molar-refractivity contribution in [2.75, 3.05) is 25.2 Å². The molecule has 0 aromatic heterocycles. The first-order chi connectivity index (χ1) is 8.35. The number of thioether (sulfide) groups is 2. The Balaban J connectivity index is 2.17. The molecule has 0 radical (unpaired) electrons. The van der Waals surface area contributed by atoms with Crippen LogP contribution in [0.5, 0.6) is 11.5 Å². The molecule has 1 fully saturated rings. The van der Waals surface area contributed by atoms with Gasteiger partial charge in [-0.05, 0) is 42.5 Å². The highest BCUT2D eigenvalue weighted by Gasteiger charge is 2.18. The van der Waals surface area contributed by atoms with Crippen LogP contribution in [0.2, 0.25) is 0 Å².